The Hall–Kier alpha value is -7.10. The van der Waals surface area contributed by atoms with Crippen LogP contribution in [-0.2, 0) is 5.41 Å². The number of hydrogen-bond donors (Lipinski definition) is 0. The van der Waals surface area contributed by atoms with Crippen molar-refractivity contribution in [3.05, 3.63) is 199 Å². The quantitative estimate of drug-likeness (QED) is 0.178. The van der Waals surface area contributed by atoms with Gasteiger partial charge >= 0.3 is 0 Å². The molecule has 10 aromatic rings. The van der Waals surface area contributed by atoms with E-state index >= 15 is 0 Å². The second kappa shape index (κ2) is 12.5. The van der Waals surface area contributed by atoms with Gasteiger partial charge in [0.15, 0.2) is 5.82 Å². The monoisotopic (exact) mass is 715 g/mol. The molecule has 56 heavy (non-hydrogen) atoms. The van der Waals surface area contributed by atoms with Crippen LogP contribution in [0.3, 0.4) is 0 Å². The van der Waals surface area contributed by atoms with Crippen LogP contribution in [0.25, 0.3) is 94.4 Å². The molecule has 0 amide bonds. The fourth-order valence-corrected chi connectivity index (χ4v) is 9.20. The first-order chi connectivity index (χ1) is 27.5. The number of rotatable bonds is 5. The van der Waals surface area contributed by atoms with Gasteiger partial charge in [-0.15, -0.1) is 0 Å². The number of fused-ring (bicyclic) bond motifs is 8. The van der Waals surface area contributed by atoms with Gasteiger partial charge in [0.25, 0.3) is 0 Å². The van der Waals surface area contributed by atoms with Crippen LogP contribution in [0.5, 0.6) is 0 Å². The van der Waals surface area contributed by atoms with Gasteiger partial charge in [0, 0.05) is 38.6 Å². The van der Waals surface area contributed by atoms with Crippen molar-refractivity contribution in [1.29, 1.82) is 0 Å². The van der Waals surface area contributed by atoms with Crippen molar-refractivity contribution in [2.75, 3.05) is 0 Å². The molecular formula is C53H37N3. The Bertz CT molecular complexity index is 3040. The van der Waals surface area contributed by atoms with Gasteiger partial charge in [0.05, 0.1) is 22.4 Å². The lowest BCUT2D eigenvalue weighted by Crippen LogP contribution is -2.15. The van der Waals surface area contributed by atoms with E-state index in [1.54, 1.807) is 0 Å². The van der Waals surface area contributed by atoms with Crippen molar-refractivity contribution >= 4 is 32.6 Å². The third-order valence-corrected chi connectivity index (χ3v) is 11.7. The molecule has 8 aromatic carbocycles. The Morgan fingerprint density at radius 3 is 1.70 bits per heavy atom. The van der Waals surface area contributed by atoms with Crippen molar-refractivity contribution < 1.29 is 0 Å². The Morgan fingerprint density at radius 1 is 0.429 bits per heavy atom. The first-order valence-electron chi connectivity index (χ1n) is 19.3. The molecule has 0 fully saturated rings. The lowest BCUT2D eigenvalue weighted by Gasteiger charge is -2.24. The minimum Gasteiger partial charge on any atom is -0.309 e. The fraction of sp³-hybridized carbons (Fsp3) is 0.0566. The van der Waals surface area contributed by atoms with Crippen LogP contribution in [0.4, 0.5) is 0 Å². The highest BCUT2D eigenvalue weighted by atomic mass is 15.0. The second-order valence-electron chi connectivity index (χ2n) is 15.4. The van der Waals surface area contributed by atoms with Crippen molar-refractivity contribution in [1.82, 2.24) is 14.5 Å². The average Bonchev–Trinajstić information content (AvgIpc) is 3.72. The minimum atomic E-state index is -0.170. The van der Waals surface area contributed by atoms with Gasteiger partial charge in [0.1, 0.15) is 0 Å². The van der Waals surface area contributed by atoms with Gasteiger partial charge in [-0.1, -0.05) is 159 Å². The number of nitrogens with zero attached hydrogens (tertiary/aromatic N) is 3. The molecule has 3 nitrogen and oxygen atoms in total. The molecule has 0 radical (unpaired) electrons. The molecule has 3 heteroatoms. The first kappa shape index (κ1) is 32.3. The van der Waals surface area contributed by atoms with Gasteiger partial charge in [-0.05, 0) is 86.6 Å². The maximum atomic E-state index is 5.34. The van der Waals surface area contributed by atoms with Crippen molar-refractivity contribution in [2.24, 2.45) is 0 Å². The normalized spacial score (nSPS) is 13.0. The summed E-state index contributed by atoms with van der Waals surface area (Å²) in [4.78, 5) is 10.5. The molecule has 0 atom stereocenters. The molecule has 1 aliphatic rings. The van der Waals surface area contributed by atoms with Crippen molar-refractivity contribution in [2.45, 2.75) is 19.3 Å². The van der Waals surface area contributed by atoms with Crippen LogP contribution in [0, 0.1) is 0 Å². The zero-order valence-electron chi connectivity index (χ0n) is 31.2. The predicted octanol–water partition coefficient (Wildman–Crippen LogP) is 13.7. The molecule has 0 saturated heterocycles. The Balaban J connectivity index is 1.26. The summed E-state index contributed by atoms with van der Waals surface area (Å²) in [5.41, 5.74) is 15.8. The Morgan fingerprint density at radius 2 is 0.982 bits per heavy atom. The molecular weight excluding hydrogens is 679 g/mol. The number of benzene rings is 8. The first-order valence-corrected chi connectivity index (χ1v) is 19.3. The van der Waals surface area contributed by atoms with Crippen molar-refractivity contribution in [3.8, 4) is 61.8 Å². The Kier molecular flexibility index (Phi) is 7.20. The minimum absolute atomic E-state index is 0.170. The maximum Gasteiger partial charge on any atom is 0.160 e. The smallest absolute Gasteiger partial charge is 0.160 e. The summed E-state index contributed by atoms with van der Waals surface area (Å²) >= 11 is 0. The summed E-state index contributed by atoms with van der Waals surface area (Å²) in [5, 5.41) is 5.02. The summed E-state index contributed by atoms with van der Waals surface area (Å²) in [6, 6.07) is 67.7. The molecule has 1 aliphatic carbocycles. The van der Waals surface area contributed by atoms with Crippen LogP contribution in [0.2, 0.25) is 0 Å². The molecule has 0 N–H and O–H groups in total. The largest absolute Gasteiger partial charge is 0.309 e. The molecule has 264 valence electrons. The van der Waals surface area contributed by atoms with Gasteiger partial charge in [-0.2, -0.15) is 0 Å². The van der Waals surface area contributed by atoms with E-state index < -0.39 is 0 Å². The highest BCUT2D eigenvalue weighted by Crippen LogP contribution is 2.55. The molecule has 0 spiro atoms. The zero-order valence-corrected chi connectivity index (χ0v) is 31.2. The van der Waals surface area contributed by atoms with Crippen LogP contribution in [-0.4, -0.2) is 14.5 Å². The molecule has 0 aliphatic heterocycles. The number of aromatic nitrogens is 3. The lowest BCUT2D eigenvalue weighted by atomic mass is 9.79. The van der Waals surface area contributed by atoms with E-state index in [4.69, 9.17) is 9.97 Å². The van der Waals surface area contributed by atoms with E-state index in [9.17, 15) is 0 Å². The maximum absolute atomic E-state index is 5.34. The zero-order chi connectivity index (χ0) is 37.4. The highest BCUT2D eigenvalue weighted by Gasteiger charge is 2.38. The van der Waals surface area contributed by atoms with Gasteiger partial charge in [-0.25, -0.2) is 9.97 Å². The third-order valence-electron chi connectivity index (χ3n) is 11.7. The number of para-hydroxylation sites is 2. The van der Waals surface area contributed by atoms with Crippen LogP contribution < -0.4 is 0 Å². The average molecular weight is 716 g/mol. The predicted molar refractivity (Wildman–Crippen MR) is 233 cm³/mol. The summed E-state index contributed by atoms with van der Waals surface area (Å²) in [6.45, 7) is 4.76. The fourth-order valence-electron chi connectivity index (χ4n) is 9.20. The molecule has 2 heterocycles. The SMILES string of the molecule is CC1(C)c2ccccc2-c2c(-c3cc(-c4cc(-c5ccccc5)nc(-c5ccccc5)n4)cc(-n4c5ccccc5c5ccccc54)c3)cc3ccccc3c21. The highest BCUT2D eigenvalue weighted by molar-refractivity contribution is 6.10. The number of hydrogen-bond acceptors (Lipinski definition) is 2. The lowest BCUT2D eigenvalue weighted by molar-refractivity contribution is 0.666. The molecule has 0 saturated carbocycles. The summed E-state index contributed by atoms with van der Waals surface area (Å²) in [7, 11) is 0. The van der Waals surface area contributed by atoms with Gasteiger partial charge in [-0.3, -0.25) is 0 Å². The standard InChI is InChI=1S/C53H37N3/c1-53(2)45-26-14-11-25-43(45)50-44(32-36-21-9-10-22-40(36)51(50)53)37-29-38(31-39(30-37)56-48-27-15-12-23-41(48)42-24-13-16-28-49(42)56)47-33-46(34-17-5-3-6-18-34)54-52(55-47)35-19-7-4-8-20-35/h3-33H,1-2H3. The molecule has 11 rings (SSSR count). The molecule has 0 bridgehead atoms. The van der Waals surface area contributed by atoms with Gasteiger partial charge in [0.2, 0.25) is 0 Å². The third kappa shape index (κ3) is 4.98. The summed E-state index contributed by atoms with van der Waals surface area (Å²) < 4.78 is 2.42. The van der Waals surface area contributed by atoms with E-state index in [2.05, 4.69) is 182 Å². The van der Waals surface area contributed by atoms with Crippen LogP contribution >= 0.6 is 0 Å². The van der Waals surface area contributed by atoms with Crippen LogP contribution in [0.15, 0.2) is 188 Å². The summed E-state index contributed by atoms with van der Waals surface area (Å²) in [6.07, 6.45) is 0. The van der Waals surface area contributed by atoms with Gasteiger partial charge < -0.3 is 4.57 Å². The summed E-state index contributed by atoms with van der Waals surface area (Å²) in [5.74, 6) is 0.702. The van der Waals surface area contributed by atoms with Crippen molar-refractivity contribution in [3.63, 3.8) is 0 Å². The van der Waals surface area contributed by atoms with E-state index in [1.165, 1.54) is 60.4 Å². The molecule has 2 aromatic heterocycles. The molecule has 0 unspecified atom stereocenters. The van der Waals surface area contributed by atoms with Crippen LogP contribution in [0.1, 0.15) is 25.0 Å². The van der Waals surface area contributed by atoms with E-state index in [0.717, 1.165) is 39.3 Å². The van der Waals surface area contributed by atoms with E-state index in [0.29, 0.717) is 5.82 Å². The Labute approximate surface area is 326 Å². The topological polar surface area (TPSA) is 30.7 Å². The second-order valence-corrected chi connectivity index (χ2v) is 15.4. The van der Waals surface area contributed by atoms with E-state index in [1.807, 2.05) is 24.3 Å². The van der Waals surface area contributed by atoms with E-state index in [-0.39, 0.29) is 5.41 Å².